The summed E-state index contributed by atoms with van der Waals surface area (Å²) in [5.74, 6) is 0.736. The molecule has 4 rings (SSSR count). The number of sulfonamides is 1. The van der Waals surface area contributed by atoms with Crippen molar-refractivity contribution in [2.24, 2.45) is 0 Å². The quantitative estimate of drug-likeness (QED) is 0.423. The molecule has 4 aromatic rings. The lowest BCUT2D eigenvalue weighted by Crippen LogP contribution is -2.14. The molecule has 0 saturated carbocycles. The Morgan fingerprint density at radius 1 is 1.03 bits per heavy atom. The molecule has 2 N–H and O–H groups in total. The summed E-state index contributed by atoms with van der Waals surface area (Å²) in [6, 6.07) is 15.3. The van der Waals surface area contributed by atoms with Crippen LogP contribution in [0.3, 0.4) is 0 Å². The lowest BCUT2D eigenvalue weighted by molar-refractivity contribution is 0.340. The minimum atomic E-state index is -3.86. The van der Waals surface area contributed by atoms with Crippen LogP contribution in [0, 0.1) is 13.8 Å². The van der Waals surface area contributed by atoms with Gasteiger partial charge in [-0.2, -0.15) is 0 Å². The normalized spacial score (nSPS) is 11.6. The van der Waals surface area contributed by atoms with E-state index in [-0.39, 0.29) is 10.5 Å². The van der Waals surface area contributed by atoms with Crippen LogP contribution in [0.4, 0.5) is 5.69 Å². The van der Waals surface area contributed by atoms with Crippen LogP contribution in [-0.4, -0.2) is 24.8 Å². The van der Waals surface area contributed by atoms with Gasteiger partial charge in [0.05, 0.1) is 28.1 Å². The van der Waals surface area contributed by atoms with Crippen LogP contribution in [-0.2, 0) is 10.0 Å². The van der Waals surface area contributed by atoms with Crippen LogP contribution in [0.5, 0.6) is 5.75 Å². The number of hydrogen-bond acceptors (Lipinski definition) is 4. The maximum absolute atomic E-state index is 13.0. The van der Waals surface area contributed by atoms with Crippen LogP contribution in [0.15, 0.2) is 64.3 Å². The van der Waals surface area contributed by atoms with Gasteiger partial charge in [0.1, 0.15) is 5.75 Å². The molecule has 0 aliphatic carbocycles. The lowest BCUT2D eigenvalue weighted by Gasteiger charge is -2.12. The second-order valence-electron chi connectivity index (χ2n) is 7.41. The Hall–Kier alpha value is -3.23. The standard InChI is InChI=1S/C23H22ClN3O4S/c1-4-31-18-8-6-17(7-9-18)27-21-10-5-16(13-19(21)23(28)25-27)26-32(29,30)22-12-14(2)20(24)11-15(22)3/h5-13,26H,4H2,1-3H3,(H,25,28). The highest BCUT2D eigenvalue weighted by molar-refractivity contribution is 7.92. The van der Waals surface area contributed by atoms with Crippen molar-refractivity contribution in [2.75, 3.05) is 11.3 Å². The first-order chi connectivity index (χ1) is 15.2. The molecular formula is C23H22ClN3O4S. The van der Waals surface area contributed by atoms with Gasteiger partial charge >= 0.3 is 0 Å². The zero-order chi connectivity index (χ0) is 23.0. The van der Waals surface area contributed by atoms with E-state index in [2.05, 4.69) is 9.82 Å². The molecule has 0 radical (unpaired) electrons. The summed E-state index contributed by atoms with van der Waals surface area (Å²) >= 11 is 6.09. The Kier molecular flexibility index (Phi) is 5.75. The van der Waals surface area contributed by atoms with Crippen LogP contribution in [0.2, 0.25) is 5.02 Å². The minimum absolute atomic E-state index is 0.139. The maximum atomic E-state index is 13.0. The number of aromatic amines is 1. The van der Waals surface area contributed by atoms with E-state index >= 15 is 0 Å². The number of H-pyrrole nitrogens is 1. The molecule has 166 valence electrons. The first kappa shape index (κ1) is 22.0. The summed E-state index contributed by atoms with van der Waals surface area (Å²) in [6.45, 7) is 5.91. The number of anilines is 1. The minimum Gasteiger partial charge on any atom is -0.494 e. The van der Waals surface area contributed by atoms with E-state index in [1.807, 2.05) is 31.2 Å². The van der Waals surface area contributed by atoms with Gasteiger partial charge in [-0.1, -0.05) is 11.6 Å². The Balaban J connectivity index is 1.70. The number of aromatic nitrogens is 2. The van der Waals surface area contributed by atoms with Gasteiger partial charge in [0, 0.05) is 10.7 Å². The molecule has 0 aliphatic heterocycles. The molecule has 1 aromatic heterocycles. The number of halogens is 1. The van der Waals surface area contributed by atoms with E-state index in [0.29, 0.717) is 39.3 Å². The number of hydrogen-bond donors (Lipinski definition) is 2. The number of fused-ring (bicyclic) bond motifs is 1. The van der Waals surface area contributed by atoms with Gasteiger partial charge in [0.15, 0.2) is 0 Å². The van der Waals surface area contributed by atoms with Gasteiger partial charge in [0.25, 0.3) is 15.6 Å². The molecular weight excluding hydrogens is 450 g/mol. The summed E-state index contributed by atoms with van der Waals surface area (Å²) < 4.78 is 35.6. The van der Waals surface area contributed by atoms with Crippen molar-refractivity contribution in [1.29, 1.82) is 0 Å². The third kappa shape index (κ3) is 4.11. The van der Waals surface area contributed by atoms with Gasteiger partial charge < -0.3 is 4.74 Å². The van der Waals surface area contributed by atoms with E-state index in [9.17, 15) is 13.2 Å². The first-order valence-corrected chi connectivity index (χ1v) is 11.8. The molecule has 0 saturated heterocycles. The summed E-state index contributed by atoms with van der Waals surface area (Å²) in [4.78, 5) is 12.7. The average Bonchev–Trinajstić information content (AvgIpc) is 3.07. The van der Waals surface area contributed by atoms with Crippen molar-refractivity contribution in [3.05, 3.63) is 81.1 Å². The van der Waals surface area contributed by atoms with Crippen molar-refractivity contribution >= 4 is 38.2 Å². The molecule has 0 amide bonds. The fourth-order valence-electron chi connectivity index (χ4n) is 3.51. The van der Waals surface area contributed by atoms with Gasteiger partial charge in [0.2, 0.25) is 0 Å². The fraction of sp³-hybridized carbons (Fsp3) is 0.174. The molecule has 7 nitrogen and oxygen atoms in total. The molecule has 0 atom stereocenters. The van der Waals surface area contributed by atoms with E-state index < -0.39 is 10.0 Å². The average molecular weight is 472 g/mol. The smallest absolute Gasteiger partial charge is 0.272 e. The van der Waals surface area contributed by atoms with Crippen LogP contribution in [0.1, 0.15) is 18.1 Å². The van der Waals surface area contributed by atoms with Crippen molar-refractivity contribution in [2.45, 2.75) is 25.7 Å². The van der Waals surface area contributed by atoms with Crippen LogP contribution >= 0.6 is 11.6 Å². The zero-order valence-corrected chi connectivity index (χ0v) is 19.3. The van der Waals surface area contributed by atoms with Crippen molar-refractivity contribution < 1.29 is 13.2 Å². The number of aryl methyl sites for hydroxylation is 2. The maximum Gasteiger partial charge on any atom is 0.272 e. The number of benzene rings is 3. The van der Waals surface area contributed by atoms with Gasteiger partial charge in [-0.05, 0) is 86.5 Å². The lowest BCUT2D eigenvalue weighted by atomic mass is 10.2. The van der Waals surface area contributed by atoms with E-state index in [1.165, 1.54) is 12.1 Å². The Morgan fingerprint density at radius 3 is 2.44 bits per heavy atom. The van der Waals surface area contributed by atoms with Crippen molar-refractivity contribution in [1.82, 2.24) is 9.78 Å². The van der Waals surface area contributed by atoms with Crippen LogP contribution < -0.4 is 15.0 Å². The van der Waals surface area contributed by atoms with E-state index in [0.717, 1.165) is 11.4 Å². The second-order valence-corrected chi connectivity index (χ2v) is 9.47. The zero-order valence-electron chi connectivity index (χ0n) is 17.8. The Labute approximate surface area is 190 Å². The predicted molar refractivity (Wildman–Crippen MR) is 127 cm³/mol. The fourth-order valence-corrected chi connectivity index (χ4v) is 5.09. The molecule has 1 heterocycles. The predicted octanol–water partition coefficient (Wildman–Crippen LogP) is 4.79. The number of ether oxygens (including phenoxy) is 1. The van der Waals surface area contributed by atoms with Crippen molar-refractivity contribution in [3.8, 4) is 11.4 Å². The van der Waals surface area contributed by atoms with Crippen LogP contribution in [0.25, 0.3) is 16.6 Å². The number of nitrogens with one attached hydrogen (secondary N) is 2. The number of rotatable bonds is 6. The second kappa shape index (κ2) is 8.37. The molecule has 0 fully saturated rings. The highest BCUT2D eigenvalue weighted by Crippen LogP contribution is 2.27. The monoisotopic (exact) mass is 471 g/mol. The Morgan fingerprint density at radius 2 is 1.75 bits per heavy atom. The first-order valence-electron chi connectivity index (χ1n) is 9.97. The molecule has 0 aliphatic rings. The Bertz CT molecular complexity index is 1470. The highest BCUT2D eigenvalue weighted by Gasteiger charge is 2.19. The molecule has 0 unspecified atom stereocenters. The SMILES string of the molecule is CCOc1ccc(-n2[nH]c(=O)c3cc(NS(=O)(=O)c4cc(C)c(Cl)cc4C)ccc32)cc1. The summed E-state index contributed by atoms with van der Waals surface area (Å²) in [5.41, 5.74) is 2.54. The largest absolute Gasteiger partial charge is 0.494 e. The number of nitrogens with zero attached hydrogens (tertiary/aromatic N) is 1. The third-order valence-corrected chi connectivity index (χ3v) is 7.03. The topological polar surface area (TPSA) is 93.2 Å². The molecule has 3 aromatic carbocycles. The molecule has 32 heavy (non-hydrogen) atoms. The van der Waals surface area contributed by atoms with E-state index in [4.69, 9.17) is 16.3 Å². The van der Waals surface area contributed by atoms with Gasteiger partial charge in [-0.3, -0.25) is 19.3 Å². The summed E-state index contributed by atoms with van der Waals surface area (Å²) in [5, 5.41) is 3.66. The molecule has 0 spiro atoms. The van der Waals surface area contributed by atoms with Gasteiger partial charge in [-0.25, -0.2) is 8.42 Å². The molecule has 9 heteroatoms. The van der Waals surface area contributed by atoms with E-state index in [1.54, 1.807) is 36.7 Å². The molecule has 0 bridgehead atoms. The van der Waals surface area contributed by atoms with Gasteiger partial charge in [-0.15, -0.1) is 0 Å². The summed E-state index contributed by atoms with van der Waals surface area (Å²) in [7, 11) is -3.86. The highest BCUT2D eigenvalue weighted by atomic mass is 35.5. The third-order valence-electron chi connectivity index (χ3n) is 5.10. The summed E-state index contributed by atoms with van der Waals surface area (Å²) in [6.07, 6.45) is 0. The van der Waals surface area contributed by atoms with Crippen molar-refractivity contribution in [3.63, 3.8) is 0 Å².